The van der Waals surface area contributed by atoms with E-state index in [9.17, 15) is 18.7 Å². The number of ether oxygens (including phenoxy) is 1. The molecule has 1 fully saturated rings. The maximum atomic E-state index is 13.9. The van der Waals surface area contributed by atoms with Crippen LogP contribution in [0.15, 0.2) is 47.7 Å². The zero-order valence-electron chi connectivity index (χ0n) is 20.5. The standard InChI is InChI=1S/C26H23ClF2N6O3/c1-14-10-31-20(19-3-5-30-26(33-19)34-6-4-17(36)12-34)9-22(14)35-15(2)7-23(24(27)25(35)37)38-13-21-18(29)8-16(28)11-32-21/h3,5,7-11,17,36H,4,6,12-13H2,1-2H3/t17-/m0/s1. The quantitative estimate of drug-likeness (QED) is 0.394. The van der Waals surface area contributed by atoms with Gasteiger partial charge in [0.25, 0.3) is 5.56 Å². The van der Waals surface area contributed by atoms with Gasteiger partial charge in [-0.15, -0.1) is 0 Å². The number of pyridine rings is 3. The normalized spacial score (nSPS) is 15.2. The Labute approximate surface area is 221 Å². The van der Waals surface area contributed by atoms with E-state index in [4.69, 9.17) is 16.3 Å². The Kier molecular flexibility index (Phi) is 7.04. The Hall–Kier alpha value is -3.96. The number of aromatic nitrogens is 5. The molecule has 1 aliphatic rings. The molecule has 5 heterocycles. The first kappa shape index (κ1) is 25.7. The van der Waals surface area contributed by atoms with Crippen molar-refractivity contribution in [1.82, 2.24) is 24.5 Å². The van der Waals surface area contributed by atoms with Crippen molar-refractivity contribution in [2.75, 3.05) is 18.0 Å². The van der Waals surface area contributed by atoms with Crippen LogP contribution in [0.5, 0.6) is 5.75 Å². The van der Waals surface area contributed by atoms with Crippen LogP contribution in [0.4, 0.5) is 14.7 Å². The molecule has 0 unspecified atom stereocenters. The van der Waals surface area contributed by atoms with Crippen molar-refractivity contribution in [3.8, 4) is 22.8 Å². The molecule has 5 rings (SSSR count). The van der Waals surface area contributed by atoms with E-state index in [-0.39, 0.29) is 23.1 Å². The first-order chi connectivity index (χ1) is 18.2. The van der Waals surface area contributed by atoms with E-state index in [2.05, 4.69) is 19.9 Å². The summed E-state index contributed by atoms with van der Waals surface area (Å²) < 4.78 is 34.1. The number of aryl methyl sites for hydroxylation is 2. The van der Waals surface area contributed by atoms with Crippen LogP contribution < -0.4 is 15.2 Å². The van der Waals surface area contributed by atoms with Crippen molar-refractivity contribution in [1.29, 1.82) is 0 Å². The van der Waals surface area contributed by atoms with Gasteiger partial charge in [0.05, 0.1) is 29.4 Å². The van der Waals surface area contributed by atoms with E-state index < -0.39 is 23.3 Å². The summed E-state index contributed by atoms with van der Waals surface area (Å²) in [5, 5.41) is 9.65. The van der Waals surface area contributed by atoms with Crippen molar-refractivity contribution in [3.63, 3.8) is 0 Å². The van der Waals surface area contributed by atoms with Crippen LogP contribution in [0, 0.1) is 25.5 Å². The second-order valence-electron chi connectivity index (χ2n) is 8.96. The summed E-state index contributed by atoms with van der Waals surface area (Å²) in [6, 6.07) is 5.73. The number of halogens is 3. The molecule has 0 amide bonds. The Morgan fingerprint density at radius 1 is 1.13 bits per heavy atom. The molecule has 196 valence electrons. The Bertz CT molecular complexity index is 1580. The summed E-state index contributed by atoms with van der Waals surface area (Å²) >= 11 is 6.37. The van der Waals surface area contributed by atoms with Crippen LogP contribution in [0.2, 0.25) is 5.02 Å². The van der Waals surface area contributed by atoms with Crippen molar-refractivity contribution in [2.45, 2.75) is 33.0 Å². The van der Waals surface area contributed by atoms with E-state index in [1.54, 1.807) is 37.5 Å². The van der Waals surface area contributed by atoms with Crippen molar-refractivity contribution in [3.05, 3.63) is 86.8 Å². The topological polar surface area (TPSA) is 106 Å². The van der Waals surface area contributed by atoms with E-state index in [1.807, 2.05) is 11.8 Å². The molecule has 0 aromatic carbocycles. The highest BCUT2D eigenvalue weighted by atomic mass is 35.5. The lowest BCUT2D eigenvalue weighted by atomic mass is 10.1. The van der Waals surface area contributed by atoms with Gasteiger partial charge in [-0.1, -0.05) is 11.6 Å². The average molecular weight is 541 g/mol. The maximum absolute atomic E-state index is 13.9. The first-order valence-electron chi connectivity index (χ1n) is 11.8. The van der Waals surface area contributed by atoms with Crippen LogP contribution in [0.3, 0.4) is 0 Å². The maximum Gasteiger partial charge on any atom is 0.277 e. The smallest absolute Gasteiger partial charge is 0.277 e. The van der Waals surface area contributed by atoms with E-state index in [1.165, 1.54) is 4.57 Å². The van der Waals surface area contributed by atoms with Crippen LogP contribution in [0.1, 0.15) is 23.4 Å². The number of aliphatic hydroxyl groups is 1. The van der Waals surface area contributed by atoms with Gasteiger partial charge in [-0.05, 0) is 38.0 Å². The van der Waals surface area contributed by atoms with Crippen LogP contribution in [-0.2, 0) is 6.61 Å². The number of anilines is 1. The minimum atomic E-state index is -0.861. The Balaban J connectivity index is 1.47. The number of β-amino-alcohol motifs (C(OH)–C–C–N with tert-alkyl or cyclic N) is 1. The van der Waals surface area contributed by atoms with Gasteiger partial charge in [0.2, 0.25) is 5.95 Å². The van der Waals surface area contributed by atoms with Gasteiger partial charge < -0.3 is 14.7 Å². The van der Waals surface area contributed by atoms with E-state index in [0.717, 1.165) is 11.8 Å². The van der Waals surface area contributed by atoms with Crippen LogP contribution in [0.25, 0.3) is 17.1 Å². The van der Waals surface area contributed by atoms with Crippen molar-refractivity contribution < 1.29 is 18.6 Å². The molecule has 9 nitrogen and oxygen atoms in total. The van der Waals surface area contributed by atoms with E-state index >= 15 is 0 Å². The largest absolute Gasteiger partial charge is 0.485 e. The molecular formula is C26H23ClF2N6O3. The number of aliphatic hydroxyl groups excluding tert-OH is 1. The van der Waals surface area contributed by atoms with Crippen molar-refractivity contribution in [2.24, 2.45) is 0 Å². The fourth-order valence-corrected chi connectivity index (χ4v) is 4.44. The molecule has 12 heteroatoms. The third-order valence-corrected chi connectivity index (χ3v) is 6.56. The number of rotatable bonds is 6. The Morgan fingerprint density at radius 3 is 2.68 bits per heavy atom. The minimum absolute atomic E-state index is 0.0520. The third-order valence-electron chi connectivity index (χ3n) is 6.22. The number of hydrogen-bond donors (Lipinski definition) is 1. The SMILES string of the molecule is Cc1cnc(-c2ccnc(N3CC[C@H](O)C3)n2)cc1-n1c(C)cc(OCc2ncc(F)cc2F)c(Cl)c1=O. The molecule has 4 aromatic rings. The summed E-state index contributed by atoms with van der Waals surface area (Å²) in [4.78, 5) is 32.3. The summed E-state index contributed by atoms with van der Waals surface area (Å²) in [7, 11) is 0. The number of hydrogen-bond acceptors (Lipinski definition) is 8. The first-order valence-corrected chi connectivity index (χ1v) is 12.2. The van der Waals surface area contributed by atoms with Gasteiger partial charge in [-0.3, -0.25) is 19.3 Å². The fourth-order valence-electron chi connectivity index (χ4n) is 4.24. The monoisotopic (exact) mass is 540 g/mol. The fraction of sp³-hybridized carbons (Fsp3) is 0.269. The lowest BCUT2D eigenvalue weighted by Crippen LogP contribution is -2.23. The Morgan fingerprint density at radius 2 is 1.95 bits per heavy atom. The van der Waals surface area contributed by atoms with Crippen LogP contribution in [-0.4, -0.2) is 48.8 Å². The highest BCUT2D eigenvalue weighted by Gasteiger charge is 2.23. The van der Waals surface area contributed by atoms with Gasteiger partial charge in [-0.25, -0.2) is 18.7 Å². The molecule has 1 aliphatic heterocycles. The lowest BCUT2D eigenvalue weighted by molar-refractivity contribution is 0.198. The zero-order valence-corrected chi connectivity index (χ0v) is 21.3. The molecule has 1 N–H and O–H groups in total. The second-order valence-corrected chi connectivity index (χ2v) is 9.34. The summed E-state index contributed by atoms with van der Waals surface area (Å²) in [5.41, 5.74) is 2.21. The van der Waals surface area contributed by atoms with Gasteiger partial charge in [0.1, 0.15) is 28.9 Å². The summed E-state index contributed by atoms with van der Waals surface area (Å²) in [6.07, 6.45) is 4.38. The van der Waals surface area contributed by atoms with Gasteiger partial charge in [0.15, 0.2) is 5.82 Å². The molecular weight excluding hydrogens is 518 g/mol. The zero-order chi connectivity index (χ0) is 27.0. The molecule has 1 atom stereocenters. The average Bonchev–Trinajstić information content (AvgIpc) is 3.33. The number of nitrogens with zero attached hydrogens (tertiary/aromatic N) is 6. The van der Waals surface area contributed by atoms with E-state index in [0.29, 0.717) is 54.3 Å². The molecule has 0 aliphatic carbocycles. The molecule has 0 radical (unpaired) electrons. The highest BCUT2D eigenvalue weighted by Crippen LogP contribution is 2.28. The molecule has 38 heavy (non-hydrogen) atoms. The predicted molar refractivity (Wildman–Crippen MR) is 137 cm³/mol. The lowest BCUT2D eigenvalue weighted by Gasteiger charge is -2.17. The van der Waals surface area contributed by atoms with Crippen LogP contribution >= 0.6 is 11.6 Å². The molecule has 0 bridgehead atoms. The predicted octanol–water partition coefficient (Wildman–Crippen LogP) is 3.78. The second kappa shape index (κ2) is 10.4. The minimum Gasteiger partial charge on any atom is -0.485 e. The molecule has 4 aromatic heterocycles. The molecule has 0 spiro atoms. The van der Waals surface area contributed by atoms with Gasteiger partial charge >= 0.3 is 0 Å². The summed E-state index contributed by atoms with van der Waals surface area (Å²) in [5.74, 6) is -1.12. The third kappa shape index (κ3) is 5.07. The summed E-state index contributed by atoms with van der Waals surface area (Å²) in [6.45, 7) is 4.31. The molecule has 0 saturated carbocycles. The van der Waals surface area contributed by atoms with Gasteiger partial charge in [-0.2, -0.15) is 0 Å². The highest BCUT2D eigenvalue weighted by molar-refractivity contribution is 6.31. The van der Waals surface area contributed by atoms with Gasteiger partial charge in [0, 0.05) is 43.3 Å². The van der Waals surface area contributed by atoms with Crippen molar-refractivity contribution >= 4 is 17.5 Å². The molecule has 1 saturated heterocycles.